The van der Waals surface area contributed by atoms with Crippen molar-refractivity contribution < 1.29 is 9.13 Å². The quantitative estimate of drug-likeness (QED) is 0.641. The van der Waals surface area contributed by atoms with Gasteiger partial charge in [-0.25, -0.2) is 4.39 Å². The summed E-state index contributed by atoms with van der Waals surface area (Å²) in [5.74, 6) is -0.601. The minimum absolute atomic E-state index is 0.00781. The summed E-state index contributed by atoms with van der Waals surface area (Å²) < 4.78 is 19.0. The van der Waals surface area contributed by atoms with Gasteiger partial charge >= 0.3 is 0 Å². The number of halogens is 1. The molecular weight excluding hydrogens is 231 g/mol. The Morgan fingerprint density at radius 1 is 1.11 bits per heavy atom. The van der Waals surface area contributed by atoms with Crippen LogP contribution in [0.4, 0.5) is 4.39 Å². The zero-order chi connectivity index (χ0) is 13.0. The smallest absolute Gasteiger partial charge is 0.137 e. The molecule has 3 N–H and O–H groups in total. The molecule has 0 heterocycles. The number of ether oxygens (including phenoxy) is 1. The van der Waals surface area contributed by atoms with Gasteiger partial charge in [0.2, 0.25) is 0 Å². The normalized spacial score (nSPS) is 10.1. The van der Waals surface area contributed by atoms with Gasteiger partial charge in [-0.15, -0.1) is 0 Å². The number of nitrogens with one attached hydrogen (secondary N) is 1. The zero-order valence-corrected chi connectivity index (χ0v) is 9.69. The topological polar surface area (TPSA) is 59.1 Å². The van der Waals surface area contributed by atoms with E-state index in [0.29, 0.717) is 6.61 Å². The Kier molecular flexibility index (Phi) is 3.57. The van der Waals surface area contributed by atoms with Crippen LogP contribution in [0.1, 0.15) is 11.1 Å². The van der Waals surface area contributed by atoms with Crippen molar-refractivity contribution in [2.45, 2.75) is 6.61 Å². The Balaban J connectivity index is 2.20. The van der Waals surface area contributed by atoms with Crippen molar-refractivity contribution in [3.8, 4) is 5.75 Å². The number of benzene rings is 2. The van der Waals surface area contributed by atoms with Gasteiger partial charge in [0.15, 0.2) is 0 Å². The Morgan fingerprint density at radius 2 is 1.83 bits per heavy atom. The van der Waals surface area contributed by atoms with Crippen molar-refractivity contribution >= 4 is 5.84 Å². The molecule has 0 saturated carbocycles. The van der Waals surface area contributed by atoms with E-state index in [1.54, 1.807) is 6.07 Å². The minimum Gasteiger partial charge on any atom is -0.488 e. The van der Waals surface area contributed by atoms with Crippen LogP contribution in [0.2, 0.25) is 0 Å². The molecule has 0 atom stereocenters. The summed E-state index contributed by atoms with van der Waals surface area (Å²) >= 11 is 0. The molecule has 2 aromatic carbocycles. The summed E-state index contributed by atoms with van der Waals surface area (Å²) in [6, 6.07) is 13.9. The summed E-state index contributed by atoms with van der Waals surface area (Å²) in [6.45, 7) is 0.310. The average molecular weight is 244 g/mol. The number of hydrogen-bond acceptors (Lipinski definition) is 2. The van der Waals surface area contributed by atoms with Crippen molar-refractivity contribution in [3.63, 3.8) is 0 Å². The maximum atomic E-state index is 13.5. The second kappa shape index (κ2) is 5.31. The molecule has 0 fully saturated rings. The standard InChI is InChI=1S/C14H13FN2O/c15-11-7-4-8-12(13(11)14(16)17)18-9-10-5-2-1-3-6-10/h1-8H,9H2,(H3,16,17). The predicted octanol–water partition coefficient (Wildman–Crippen LogP) is 2.69. The van der Waals surface area contributed by atoms with E-state index in [-0.39, 0.29) is 17.1 Å². The van der Waals surface area contributed by atoms with E-state index >= 15 is 0 Å². The van der Waals surface area contributed by atoms with E-state index < -0.39 is 5.82 Å². The molecular formula is C14H13FN2O. The third-order valence-electron chi connectivity index (χ3n) is 2.48. The molecule has 0 amide bonds. The van der Waals surface area contributed by atoms with E-state index in [4.69, 9.17) is 15.9 Å². The first-order valence-electron chi connectivity index (χ1n) is 5.48. The first-order chi connectivity index (χ1) is 8.68. The summed E-state index contributed by atoms with van der Waals surface area (Å²) in [5, 5.41) is 7.36. The van der Waals surface area contributed by atoms with Crippen LogP contribution in [0.3, 0.4) is 0 Å². The van der Waals surface area contributed by atoms with Crippen molar-refractivity contribution in [2.24, 2.45) is 5.73 Å². The maximum Gasteiger partial charge on any atom is 0.137 e. The maximum absolute atomic E-state index is 13.5. The molecule has 0 aromatic heterocycles. The lowest BCUT2D eigenvalue weighted by Crippen LogP contribution is -2.15. The molecule has 0 aliphatic carbocycles. The molecule has 4 heteroatoms. The van der Waals surface area contributed by atoms with Crippen LogP contribution in [-0.4, -0.2) is 5.84 Å². The summed E-state index contributed by atoms with van der Waals surface area (Å²) in [5.41, 5.74) is 6.32. The average Bonchev–Trinajstić information content (AvgIpc) is 2.37. The molecule has 0 unspecified atom stereocenters. The number of nitrogen functional groups attached to an aromatic ring is 1. The Bertz CT molecular complexity index is 555. The Labute approximate surface area is 105 Å². The fourth-order valence-electron chi connectivity index (χ4n) is 1.62. The fraction of sp³-hybridized carbons (Fsp3) is 0.0714. The van der Waals surface area contributed by atoms with Gasteiger partial charge in [0.05, 0.1) is 5.56 Å². The van der Waals surface area contributed by atoms with Gasteiger partial charge in [0.25, 0.3) is 0 Å². The van der Waals surface area contributed by atoms with Crippen molar-refractivity contribution in [3.05, 3.63) is 65.5 Å². The van der Waals surface area contributed by atoms with E-state index in [1.165, 1.54) is 12.1 Å². The van der Waals surface area contributed by atoms with Crippen molar-refractivity contribution in [1.82, 2.24) is 0 Å². The molecule has 0 aliphatic rings. The Hall–Kier alpha value is -2.36. The van der Waals surface area contributed by atoms with E-state index in [0.717, 1.165) is 5.56 Å². The monoisotopic (exact) mass is 244 g/mol. The Morgan fingerprint density at radius 3 is 2.50 bits per heavy atom. The SMILES string of the molecule is N=C(N)c1c(F)cccc1OCc1ccccc1. The molecule has 0 saturated heterocycles. The van der Waals surface area contributed by atoms with Gasteiger partial charge in [-0.1, -0.05) is 36.4 Å². The lowest BCUT2D eigenvalue weighted by Gasteiger charge is -2.11. The summed E-state index contributed by atoms with van der Waals surface area (Å²) in [4.78, 5) is 0. The van der Waals surface area contributed by atoms with Crippen LogP contribution in [0.15, 0.2) is 48.5 Å². The van der Waals surface area contributed by atoms with Gasteiger partial charge in [-0.3, -0.25) is 5.41 Å². The van der Waals surface area contributed by atoms with Crippen molar-refractivity contribution in [2.75, 3.05) is 0 Å². The van der Waals surface area contributed by atoms with Crippen LogP contribution < -0.4 is 10.5 Å². The van der Waals surface area contributed by atoms with E-state index in [1.807, 2.05) is 30.3 Å². The van der Waals surface area contributed by atoms with Crippen LogP contribution in [-0.2, 0) is 6.61 Å². The molecule has 2 rings (SSSR count). The minimum atomic E-state index is -0.548. The van der Waals surface area contributed by atoms with Gasteiger partial charge < -0.3 is 10.5 Å². The lowest BCUT2D eigenvalue weighted by atomic mass is 10.1. The first kappa shape index (κ1) is 12.1. The van der Waals surface area contributed by atoms with Gasteiger partial charge in [0, 0.05) is 0 Å². The number of amidine groups is 1. The molecule has 0 bridgehead atoms. The predicted molar refractivity (Wildman–Crippen MR) is 68.2 cm³/mol. The zero-order valence-electron chi connectivity index (χ0n) is 9.69. The first-order valence-corrected chi connectivity index (χ1v) is 5.48. The third-order valence-corrected chi connectivity index (χ3v) is 2.48. The molecule has 0 aliphatic heterocycles. The molecule has 0 radical (unpaired) electrons. The third kappa shape index (κ3) is 2.66. The second-order valence-corrected chi connectivity index (χ2v) is 3.80. The molecule has 3 nitrogen and oxygen atoms in total. The van der Waals surface area contributed by atoms with Crippen LogP contribution >= 0.6 is 0 Å². The van der Waals surface area contributed by atoms with Crippen LogP contribution in [0.25, 0.3) is 0 Å². The van der Waals surface area contributed by atoms with Gasteiger partial charge in [0.1, 0.15) is 24.0 Å². The van der Waals surface area contributed by atoms with Gasteiger partial charge in [-0.05, 0) is 17.7 Å². The molecule has 18 heavy (non-hydrogen) atoms. The second-order valence-electron chi connectivity index (χ2n) is 3.80. The highest BCUT2D eigenvalue weighted by molar-refractivity contribution is 5.97. The lowest BCUT2D eigenvalue weighted by molar-refractivity contribution is 0.304. The largest absolute Gasteiger partial charge is 0.488 e. The number of nitrogens with two attached hydrogens (primary N) is 1. The fourth-order valence-corrected chi connectivity index (χ4v) is 1.62. The van der Waals surface area contributed by atoms with Gasteiger partial charge in [-0.2, -0.15) is 0 Å². The highest BCUT2D eigenvalue weighted by atomic mass is 19.1. The molecule has 2 aromatic rings. The summed E-state index contributed by atoms with van der Waals surface area (Å²) in [6.07, 6.45) is 0. The number of hydrogen-bond donors (Lipinski definition) is 2. The molecule has 0 spiro atoms. The van der Waals surface area contributed by atoms with E-state index in [9.17, 15) is 4.39 Å². The van der Waals surface area contributed by atoms with E-state index in [2.05, 4.69) is 0 Å². The molecule has 92 valence electrons. The number of rotatable bonds is 4. The highest BCUT2D eigenvalue weighted by Gasteiger charge is 2.12. The van der Waals surface area contributed by atoms with Crippen molar-refractivity contribution in [1.29, 1.82) is 5.41 Å². The summed E-state index contributed by atoms with van der Waals surface area (Å²) in [7, 11) is 0. The highest BCUT2D eigenvalue weighted by Crippen LogP contribution is 2.21. The van der Waals surface area contributed by atoms with Crippen LogP contribution in [0, 0.1) is 11.2 Å². The van der Waals surface area contributed by atoms with Crippen LogP contribution in [0.5, 0.6) is 5.75 Å².